The molecule has 3 aliphatic rings. The molecular weight excluding hydrogens is 599 g/mol. The first-order valence-electron chi connectivity index (χ1n) is 15.3. The molecule has 2 saturated heterocycles. The summed E-state index contributed by atoms with van der Waals surface area (Å²) in [7, 11) is 3.22. The number of unbranched alkanes of at least 4 members (excludes halogenated alkanes) is 1. The van der Waals surface area contributed by atoms with E-state index in [2.05, 4.69) is 21.3 Å². The predicted octanol–water partition coefficient (Wildman–Crippen LogP) is 4.21. The Labute approximate surface area is 265 Å². The summed E-state index contributed by atoms with van der Waals surface area (Å²) >= 11 is 1.89. The average molecular weight is 639 g/mol. The Bertz CT molecular complexity index is 1550. The molecule has 3 unspecified atom stereocenters. The van der Waals surface area contributed by atoms with E-state index in [1.54, 1.807) is 20.3 Å². The van der Waals surface area contributed by atoms with Gasteiger partial charge in [0, 0.05) is 47.2 Å². The second-order valence-electron chi connectivity index (χ2n) is 11.4. The van der Waals surface area contributed by atoms with Gasteiger partial charge < -0.3 is 35.5 Å². The van der Waals surface area contributed by atoms with Gasteiger partial charge in [0.05, 0.1) is 51.8 Å². The van der Waals surface area contributed by atoms with Crippen molar-refractivity contribution in [1.82, 2.24) is 25.7 Å². The molecule has 0 radical (unpaired) electrons. The van der Waals surface area contributed by atoms with Gasteiger partial charge in [-0.3, -0.25) is 4.79 Å². The number of fused-ring (bicyclic) bond motifs is 4. The summed E-state index contributed by atoms with van der Waals surface area (Å²) in [5.74, 6) is 2.70. The summed E-state index contributed by atoms with van der Waals surface area (Å²) in [6, 6.07) is 10.6. The van der Waals surface area contributed by atoms with Crippen molar-refractivity contribution < 1.29 is 28.2 Å². The zero-order valence-electron chi connectivity index (χ0n) is 25.5. The first-order chi connectivity index (χ1) is 21.9. The molecule has 0 spiro atoms. The van der Waals surface area contributed by atoms with Crippen LogP contribution >= 0.6 is 11.8 Å². The molecule has 3 atom stereocenters. The molecule has 11 nitrogen and oxygen atoms in total. The Hall–Kier alpha value is -3.97. The lowest BCUT2D eigenvalue weighted by Gasteiger charge is -2.16. The molecule has 0 saturated carbocycles. The Morgan fingerprint density at radius 3 is 2.80 bits per heavy atom. The molecule has 1 aliphatic carbocycles. The molecule has 2 aromatic carbocycles. The third-order valence-corrected chi connectivity index (χ3v) is 9.97. The topological polar surface area (TPSA) is 128 Å². The number of nitrogens with zero attached hydrogens (tertiary/aromatic N) is 2. The Kier molecular flexibility index (Phi) is 9.64. The van der Waals surface area contributed by atoms with Crippen LogP contribution in [0.1, 0.15) is 36.8 Å². The fourth-order valence-electron chi connectivity index (χ4n) is 6.24. The van der Waals surface area contributed by atoms with E-state index in [0.717, 1.165) is 53.2 Å². The first-order valence-corrected chi connectivity index (χ1v) is 16.4. The summed E-state index contributed by atoms with van der Waals surface area (Å²) in [6.07, 6.45) is 3.87. The number of carbonyl (C=O) groups excluding carboxylic acids is 2. The molecule has 3 heterocycles. The molecule has 2 fully saturated rings. The van der Waals surface area contributed by atoms with E-state index in [4.69, 9.17) is 19.3 Å². The maximum absolute atomic E-state index is 14.0. The fraction of sp³-hybridized carbons (Fsp3) is 0.469. The van der Waals surface area contributed by atoms with Gasteiger partial charge in [0.15, 0.2) is 11.5 Å². The van der Waals surface area contributed by atoms with Crippen LogP contribution < -0.4 is 30.7 Å². The average Bonchev–Trinajstić information content (AvgIpc) is 3.77. The largest absolute Gasteiger partial charge is 0.493 e. The van der Waals surface area contributed by atoms with Gasteiger partial charge >= 0.3 is 6.03 Å². The molecule has 45 heavy (non-hydrogen) atoms. The van der Waals surface area contributed by atoms with Crippen molar-refractivity contribution in [2.24, 2.45) is 0 Å². The number of carbonyl (C=O) groups is 2. The summed E-state index contributed by atoms with van der Waals surface area (Å²) in [5.41, 5.74) is 4.53. The van der Waals surface area contributed by atoms with Crippen molar-refractivity contribution >= 4 is 35.2 Å². The zero-order valence-corrected chi connectivity index (χ0v) is 26.3. The number of hydrogen-bond donors (Lipinski definition) is 4. The smallest absolute Gasteiger partial charge is 0.315 e. The molecule has 3 amide bonds. The van der Waals surface area contributed by atoms with Gasteiger partial charge in [-0.1, -0.05) is 12.5 Å². The van der Waals surface area contributed by atoms with Crippen molar-refractivity contribution in [3.05, 3.63) is 53.3 Å². The van der Waals surface area contributed by atoms with Crippen LogP contribution in [-0.2, 0) is 22.5 Å². The third kappa shape index (κ3) is 6.99. The quantitative estimate of drug-likeness (QED) is 0.113. The van der Waals surface area contributed by atoms with E-state index in [1.165, 1.54) is 12.1 Å². The summed E-state index contributed by atoms with van der Waals surface area (Å²) < 4.78 is 32.7. The lowest BCUT2D eigenvalue weighted by atomic mass is 10.0. The number of rotatable bonds is 15. The maximum Gasteiger partial charge on any atom is 0.315 e. The van der Waals surface area contributed by atoms with Crippen LogP contribution in [0, 0.1) is 5.82 Å². The molecule has 1 aromatic heterocycles. The summed E-state index contributed by atoms with van der Waals surface area (Å²) in [5, 5.41) is 17.6. The van der Waals surface area contributed by atoms with E-state index in [9.17, 15) is 14.0 Å². The molecule has 6 rings (SSSR count). The number of amides is 3. The van der Waals surface area contributed by atoms with Gasteiger partial charge in [-0.2, -0.15) is 16.9 Å². The minimum atomic E-state index is -0.326. The van der Waals surface area contributed by atoms with Gasteiger partial charge in [0.1, 0.15) is 11.6 Å². The number of halogens is 1. The number of hydrogen-bond acceptors (Lipinski definition) is 8. The molecule has 13 heteroatoms. The summed E-state index contributed by atoms with van der Waals surface area (Å²) in [4.78, 5) is 23.9. The zero-order chi connectivity index (χ0) is 31.3. The molecule has 2 aliphatic heterocycles. The van der Waals surface area contributed by atoms with Crippen molar-refractivity contribution in [1.29, 1.82) is 0 Å². The van der Waals surface area contributed by atoms with Crippen LogP contribution in [0.5, 0.6) is 11.5 Å². The minimum absolute atomic E-state index is 0.0159. The summed E-state index contributed by atoms with van der Waals surface area (Å²) in [6.45, 7) is 1.67. The van der Waals surface area contributed by atoms with Crippen molar-refractivity contribution in [3.63, 3.8) is 0 Å². The monoisotopic (exact) mass is 638 g/mol. The number of nitrogens with one attached hydrogen (secondary N) is 4. The highest BCUT2D eigenvalue weighted by molar-refractivity contribution is 8.00. The van der Waals surface area contributed by atoms with Crippen LogP contribution in [-0.4, -0.2) is 78.8 Å². The van der Waals surface area contributed by atoms with E-state index in [0.29, 0.717) is 61.6 Å². The van der Waals surface area contributed by atoms with Crippen molar-refractivity contribution in [3.8, 4) is 22.8 Å². The Balaban J connectivity index is 0.979. The highest BCUT2D eigenvalue weighted by Crippen LogP contribution is 2.45. The van der Waals surface area contributed by atoms with Gasteiger partial charge in [0.2, 0.25) is 5.91 Å². The van der Waals surface area contributed by atoms with Crippen LogP contribution in [0.4, 0.5) is 20.7 Å². The second-order valence-corrected chi connectivity index (χ2v) is 12.7. The van der Waals surface area contributed by atoms with Gasteiger partial charge in [-0.25, -0.2) is 13.9 Å². The number of anilines is 2. The normalized spacial score (nSPS) is 19.4. The molecule has 240 valence electrons. The van der Waals surface area contributed by atoms with Gasteiger partial charge in [-0.05, 0) is 48.7 Å². The van der Waals surface area contributed by atoms with Gasteiger partial charge in [0.25, 0.3) is 0 Å². The SMILES string of the molecule is COc1cc2c(cc1OC)-c1nn(CCOCCNC(=O)CCCCC3SCC4NC(=O)NC43)c(Nc3cccc(F)c3)c1C2. The van der Waals surface area contributed by atoms with Crippen LogP contribution in [0.3, 0.4) is 0 Å². The number of thioether (sulfide) groups is 1. The predicted molar refractivity (Wildman–Crippen MR) is 171 cm³/mol. The number of urea groups is 1. The fourth-order valence-corrected chi connectivity index (χ4v) is 7.79. The van der Waals surface area contributed by atoms with Crippen molar-refractivity contribution in [2.45, 2.75) is 56.0 Å². The number of aromatic nitrogens is 2. The Morgan fingerprint density at radius 1 is 1.13 bits per heavy atom. The lowest BCUT2D eigenvalue weighted by molar-refractivity contribution is -0.121. The highest BCUT2D eigenvalue weighted by atomic mass is 32.2. The van der Waals surface area contributed by atoms with Crippen molar-refractivity contribution in [2.75, 3.05) is 45.0 Å². The minimum Gasteiger partial charge on any atom is -0.493 e. The molecule has 3 aromatic rings. The number of ether oxygens (including phenoxy) is 3. The van der Waals surface area contributed by atoms with E-state index >= 15 is 0 Å². The second kappa shape index (κ2) is 14.0. The Morgan fingerprint density at radius 2 is 1.98 bits per heavy atom. The lowest BCUT2D eigenvalue weighted by Crippen LogP contribution is -2.36. The number of methoxy groups -OCH3 is 2. The van der Waals surface area contributed by atoms with Gasteiger partial charge in [-0.15, -0.1) is 0 Å². The third-order valence-electron chi connectivity index (χ3n) is 8.47. The van der Waals surface area contributed by atoms with E-state index in [-0.39, 0.29) is 29.8 Å². The maximum atomic E-state index is 14.0. The van der Waals surface area contributed by atoms with E-state index < -0.39 is 0 Å². The van der Waals surface area contributed by atoms with E-state index in [1.807, 2.05) is 34.6 Å². The van der Waals surface area contributed by atoms with Crippen LogP contribution in [0.25, 0.3) is 11.3 Å². The first kappa shape index (κ1) is 31.0. The van der Waals surface area contributed by atoms with Crippen LogP contribution in [0.15, 0.2) is 36.4 Å². The number of benzene rings is 2. The molecular formula is C32H39FN6O5S. The molecule has 4 N–H and O–H groups in total. The standard InChI is InChI=1S/C32H39FN6O5S/c1-42-25-15-19-14-23-29(22(19)17-26(25)43-2)38-39(31(23)35-21-7-5-6-20(33)16-21)11-13-44-12-10-34-28(40)9-4-3-8-27-30-24(18-45-27)36-32(41)37-30/h5-7,15-17,24,27,30,35H,3-4,8-14,18H2,1-2H3,(H,34,40)(H2,36,37,41). The molecule has 0 bridgehead atoms. The van der Waals surface area contributed by atoms with Crippen LogP contribution in [0.2, 0.25) is 0 Å². The highest BCUT2D eigenvalue weighted by Gasteiger charge is 2.42.